The molecule has 1 fully saturated rings. The van der Waals surface area contributed by atoms with Crippen molar-refractivity contribution in [2.45, 2.75) is 24.7 Å². The summed E-state index contributed by atoms with van der Waals surface area (Å²) in [6.07, 6.45) is 4.47. The molecule has 0 aliphatic carbocycles. The summed E-state index contributed by atoms with van der Waals surface area (Å²) in [5.74, 6) is 0.574. The molecule has 1 rings (SSSR count). The van der Waals surface area contributed by atoms with Gasteiger partial charge in [-0.1, -0.05) is 0 Å². The third-order valence-corrected chi connectivity index (χ3v) is 2.56. The summed E-state index contributed by atoms with van der Waals surface area (Å²) in [5, 5.41) is 0. The molecule has 0 unspecified atom stereocenters. The fourth-order valence-electron chi connectivity index (χ4n) is 0.989. The maximum absolute atomic E-state index is 9.97. The van der Waals surface area contributed by atoms with Crippen LogP contribution in [0.5, 0.6) is 0 Å². The van der Waals surface area contributed by atoms with Crippen molar-refractivity contribution in [1.82, 2.24) is 0 Å². The predicted molar refractivity (Wildman–Crippen MR) is 42.1 cm³/mol. The fraction of sp³-hybridized carbons (Fsp3) is 0.857. The van der Waals surface area contributed by atoms with Gasteiger partial charge in [0.25, 0.3) is 0 Å². The highest BCUT2D eigenvalue weighted by molar-refractivity contribution is 8.00. The first-order chi connectivity index (χ1) is 4.93. The standard InChI is InChI=1S/C7H12O2S/c8-4-6-10-7-3-1-2-5-9-7/h4,7H,1-3,5-6H2/t7-/m0/s1. The zero-order chi connectivity index (χ0) is 7.23. The average Bonchev–Trinajstić information content (AvgIpc) is 2.03. The molecule has 0 N–H and O–H groups in total. The van der Waals surface area contributed by atoms with E-state index in [4.69, 9.17) is 4.74 Å². The quantitative estimate of drug-likeness (QED) is 0.584. The lowest BCUT2D eigenvalue weighted by Crippen LogP contribution is -2.15. The molecule has 0 radical (unpaired) electrons. The van der Waals surface area contributed by atoms with Crippen LogP contribution in [0.1, 0.15) is 19.3 Å². The summed E-state index contributed by atoms with van der Waals surface area (Å²) in [6.45, 7) is 0.872. The van der Waals surface area contributed by atoms with Crippen LogP contribution in [0.25, 0.3) is 0 Å². The molecule has 0 aromatic carbocycles. The Morgan fingerprint density at radius 1 is 1.60 bits per heavy atom. The van der Waals surface area contributed by atoms with Crippen LogP contribution in [0.3, 0.4) is 0 Å². The number of ether oxygens (including phenoxy) is 1. The molecule has 0 amide bonds. The number of hydrogen-bond acceptors (Lipinski definition) is 3. The van der Waals surface area contributed by atoms with Gasteiger partial charge in [-0.2, -0.15) is 0 Å². The SMILES string of the molecule is O=CCS[C@H]1CCCCO1. The predicted octanol–water partition coefficient (Wildman–Crippen LogP) is 1.45. The fourth-order valence-corrected chi connectivity index (χ4v) is 1.81. The van der Waals surface area contributed by atoms with E-state index < -0.39 is 0 Å². The van der Waals surface area contributed by atoms with Gasteiger partial charge in [0.15, 0.2) is 0 Å². The highest BCUT2D eigenvalue weighted by atomic mass is 32.2. The zero-order valence-corrected chi connectivity index (χ0v) is 6.73. The summed E-state index contributed by atoms with van der Waals surface area (Å²) >= 11 is 1.61. The van der Waals surface area contributed by atoms with Crippen molar-refractivity contribution in [1.29, 1.82) is 0 Å². The average molecular weight is 160 g/mol. The maximum atomic E-state index is 9.97. The van der Waals surface area contributed by atoms with Crippen LogP contribution < -0.4 is 0 Å². The molecule has 10 heavy (non-hydrogen) atoms. The Labute approximate surface area is 65.3 Å². The molecule has 0 bridgehead atoms. The van der Waals surface area contributed by atoms with Gasteiger partial charge in [-0.15, -0.1) is 11.8 Å². The topological polar surface area (TPSA) is 26.3 Å². The number of hydrogen-bond donors (Lipinski definition) is 0. The van der Waals surface area contributed by atoms with Crippen LogP contribution >= 0.6 is 11.8 Å². The van der Waals surface area contributed by atoms with E-state index in [2.05, 4.69) is 0 Å². The normalized spacial score (nSPS) is 26.2. The van der Waals surface area contributed by atoms with Gasteiger partial charge in [0, 0.05) is 6.61 Å². The minimum absolute atomic E-state index is 0.291. The number of aldehydes is 1. The summed E-state index contributed by atoms with van der Waals surface area (Å²) < 4.78 is 5.38. The van der Waals surface area contributed by atoms with E-state index in [1.807, 2.05) is 0 Å². The Hall–Kier alpha value is -0.0200. The van der Waals surface area contributed by atoms with E-state index in [-0.39, 0.29) is 0 Å². The number of carbonyl (C=O) groups is 1. The first kappa shape index (κ1) is 8.08. The van der Waals surface area contributed by atoms with Crippen molar-refractivity contribution < 1.29 is 9.53 Å². The molecule has 1 atom stereocenters. The highest BCUT2D eigenvalue weighted by Gasteiger charge is 2.12. The molecule has 0 spiro atoms. The molecule has 0 aromatic rings. The summed E-state index contributed by atoms with van der Waals surface area (Å²) in [4.78, 5) is 9.97. The van der Waals surface area contributed by atoms with Gasteiger partial charge >= 0.3 is 0 Å². The van der Waals surface area contributed by atoms with E-state index in [1.54, 1.807) is 11.8 Å². The van der Waals surface area contributed by atoms with Gasteiger partial charge in [-0.05, 0) is 19.3 Å². The van der Waals surface area contributed by atoms with Crippen LogP contribution in [0.15, 0.2) is 0 Å². The molecule has 0 aromatic heterocycles. The lowest BCUT2D eigenvalue weighted by Gasteiger charge is -2.20. The van der Waals surface area contributed by atoms with Crippen molar-refractivity contribution in [3.63, 3.8) is 0 Å². The largest absolute Gasteiger partial charge is 0.368 e. The number of rotatable bonds is 3. The molecular weight excluding hydrogens is 148 g/mol. The van der Waals surface area contributed by atoms with E-state index in [0.717, 1.165) is 19.3 Å². The van der Waals surface area contributed by atoms with Crippen LogP contribution in [0.2, 0.25) is 0 Å². The van der Waals surface area contributed by atoms with Gasteiger partial charge in [0.2, 0.25) is 0 Å². The van der Waals surface area contributed by atoms with Crippen LogP contribution in [0.4, 0.5) is 0 Å². The van der Waals surface area contributed by atoms with E-state index in [9.17, 15) is 4.79 Å². The lowest BCUT2D eigenvalue weighted by atomic mass is 10.2. The molecular formula is C7H12O2S. The zero-order valence-electron chi connectivity index (χ0n) is 5.91. The minimum atomic E-state index is 0.291. The monoisotopic (exact) mass is 160 g/mol. The van der Waals surface area contributed by atoms with Crippen molar-refractivity contribution in [3.8, 4) is 0 Å². The third-order valence-electron chi connectivity index (χ3n) is 1.49. The molecule has 58 valence electrons. The summed E-state index contributed by atoms with van der Waals surface area (Å²) in [5.41, 5.74) is 0.291. The van der Waals surface area contributed by atoms with Gasteiger partial charge in [-0.25, -0.2) is 0 Å². The Balaban J connectivity index is 2.07. The Bertz CT molecular complexity index is 99.8. The van der Waals surface area contributed by atoms with Crippen LogP contribution in [0, 0.1) is 0 Å². The Morgan fingerprint density at radius 3 is 3.10 bits per heavy atom. The molecule has 2 nitrogen and oxygen atoms in total. The molecule has 3 heteroatoms. The molecule has 1 saturated heterocycles. The minimum Gasteiger partial charge on any atom is -0.368 e. The summed E-state index contributed by atoms with van der Waals surface area (Å²) in [6, 6.07) is 0. The lowest BCUT2D eigenvalue weighted by molar-refractivity contribution is -0.105. The third kappa shape index (κ3) is 2.71. The van der Waals surface area contributed by atoms with Crippen molar-refractivity contribution in [3.05, 3.63) is 0 Å². The van der Waals surface area contributed by atoms with E-state index >= 15 is 0 Å². The van der Waals surface area contributed by atoms with Gasteiger partial charge in [0.1, 0.15) is 11.7 Å². The number of thioether (sulfide) groups is 1. The van der Waals surface area contributed by atoms with Gasteiger partial charge < -0.3 is 9.53 Å². The summed E-state index contributed by atoms with van der Waals surface area (Å²) in [7, 11) is 0. The van der Waals surface area contributed by atoms with E-state index in [1.165, 1.54) is 12.8 Å². The Kier molecular flexibility index (Phi) is 3.83. The van der Waals surface area contributed by atoms with Gasteiger partial charge in [-0.3, -0.25) is 0 Å². The van der Waals surface area contributed by atoms with Crippen molar-refractivity contribution >= 4 is 18.0 Å². The second kappa shape index (κ2) is 4.74. The molecule has 1 aliphatic heterocycles. The van der Waals surface area contributed by atoms with E-state index in [0.29, 0.717) is 11.2 Å². The second-order valence-electron chi connectivity index (χ2n) is 2.30. The molecule has 0 saturated carbocycles. The maximum Gasteiger partial charge on any atom is 0.129 e. The van der Waals surface area contributed by atoms with Crippen LogP contribution in [-0.2, 0) is 9.53 Å². The molecule has 1 heterocycles. The van der Waals surface area contributed by atoms with Crippen molar-refractivity contribution in [2.75, 3.05) is 12.4 Å². The second-order valence-corrected chi connectivity index (χ2v) is 3.49. The first-order valence-electron chi connectivity index (χ1n) is 3.60. The smallest absolute Gasteiger partial charge is 0.129 e. The number of carbonyl (C=O) groups excluding carboxylic acids is 1. The van der Waals surface area contributed by atoms with Crippen molar-refractivity contribution in [2.24, 2.45) is 0 Å². The Morgan fingerprint density at radius 2 is 2.50 bits per heavy atom. The molecule has 1 aliphatic rings. The van der Waals surface area contributed by atoms with Crippen LogP contribution in [-0.4, -0.2) is 24.1 Å². The first-order valence-corrected chi connectivity index (χ1v) is 4.65. The van der Waals surface area contributed by atoms with Gasteiger partial charge in [0.05, 0.1) is 5.75 Å². The highest BCUT2D eigenvalue weighted by Crippen LogP contribution is 2.22.